The van der Waals surface area contributed by atoms with E-state index in [4.69, 9.17) is 4.74 Å². The molecule has 1 saturated carbocycles. The van der Waals surface area contributed by atoms with Crippen LogP contribution in [0.5, 0.6) is 5.75 Å². The van der Waals surface area contributed by atoms with E-state index in [9.17, 15) is 8.78 Å². The van der Waals surface area contributed by atoms with E-state index in [1.807, 2.05) is 0 Å². The van der Waals surface area contributed by atoms with E-state index in [1.54, 1.807) is 12.1 Å². The lowest BCUT2D eigenvalue weighted by Gasteiger charge is -2.28. The van der Waals surface area contributed by atoms with Crippen LogP contribution < -0.4 is 4.74 Å². The van der Waals surface area contributed by atoms with Gasteiger partial charge in [-0.1, -0.05) is 58.4 Å². The van der Waals surface area contributed by atoms with Gasteiger partial charge in [0.2, 0.25) is 5.82 Å². The molecule has 0 N–H and O–H groups in total. The van der Waals surface area contributed by atoms with E-state index in [2.05, 4.69) is 13.8 Å². The zero-order valence-electron chi connectivity index (χ0n) is 16.0. The average molecular weight is 353 g/mol. The van der Waals surface area contributed by atoms with Crippen molar-refractivity contribution in [2.75, 3.05) is 6.61 Å². The van der Waals surface area contributed by atoms with Gasteiger partial charge in [-0.25, -0.2) is 4.39 Å². The van der Waals surface area contributed by atoms with Crippen LogP contribution in [0.4, 0.5) is 8.78 Å². The molecule has 1 aliphatic carbocycles. The highest BCUT2D eigenvalue weighted by Gasteiger charge is 2.25. The summed E-state index contributed by atoms with van der Waals surface area (Å²) in [5.41, 5.74) is 0.541. The lowest BCUT2D eigenvalue weighted by atomic mass is 9.77. The van der Waals surface area contributed by atoms with Gasteiger partial charge in [0.1, 0.15) is 0 Å². The molecule has 2 rings (SSSR count). The van der Waals surface area contributed by atoms with Crippen molar-refractivity contribution in [1.82, 2.24) is 0 Å². The molecule has 0 bridgehead atoms. The second-order valence-corrected chi connectivity index (χ2v) is 7.52. The van der Waals surface area contributed by atoms with E-state index in [0.717, 1.165) is 44.4 Å². The average Bonchev–Trinajstić information content (AvgIpc) is 2.64. The SMILES string of the molecule is CCCCCCCCOc1ccc(C2CCC(CC)CC2)c(F)c1F. The minimum absolute atomic E-state index is 0.0667. The normalized spacial score (nSPS) is 20.6. The molecule has 0 aliphatic heterocycles. The standard InChI is InChI=1S/C22H34F2O/c1-3-5-6-7-8-9-16-25-20-15-14-19(21(23)22(20)24)18-12-10-17(4-2)11-13-18/h14-15,17-18H,3-13,16H2,1-2H3. The second kappa shape index (κ2) is 10.8. The number of benzene rings is 1. The fourth-order valence-corrected chi connectivity index (χ4v) is 3.92. The van der Waals surface area contributed by atoms with E-state index in [-0.39, 0.29) is 11.7 Å². The van der Waals surface area contributed by atoms with Crippen LogP contribution >= 0.6 is 0 Å². The van der Waals surface area contributed by atoms with E-state index < -0.39 is 11.6 Å². The molecule has 3 heteroatoms. The number of ether oxygens (including phenoxy) is 1. The maximum Gasteiger partial charge on any atom is 0.200 e. The summed E-state index contributed by atoms with van der Waals surface area (Å²) in [4.78, 5) is 0. The molecule has 0 spiro atoms. The lowest BCUT2D eigenvalue weighted by Crippen LogP contribution is -2.14. The van der Waals surface area contributed by atoms with Crippen LogP contribution in [-0.4, -0.2) is 6.61 Å². The van der Waals surface area contributed by atoms with Gasteiger partial charge in [-0.3, -0.25) is 0 Å². The molecule has 0 amide bonds. The van der Waals surface area contributed by atoms with Crippen LogP contribution in [-0.2, 0) is 0 Å². The Morgan fingerprint density at radius 2 is 1.56 bits per heavy atom. The van der Waals surface area contributed by atoms with Crippen molar-refractivity contribution in [3.05, 3.63) is 29.3 Å². The zero-order valence-corrected chi connectivity index (χ0v) is 16.0. The second-order valence-electron chi connectivity index (χ2n) is 7.52. The molecule has 1 aromatic rings. The molecule has 1 aromatic carbocycles. The minimum Gasteiger partial charge on any atom is -0.490 e. The summed E-state index contributed by atoms with van der Waals surface area (Å²) in [6.45, 7) is 4.87. The van der Waals surface area contributed by atoms with Crippen molar-refractivity contribution in [2.24, 2.45) is 5.92 Å². The van der Waals surface area contributed by atoms with Crippen molar-refractivity contribution in [3.63, 3.8) is 0 Å². The van der Waals surface area contributed by atoms with Crippen LogP contribution in [0, 0.1) is 17.6 Å². The topological polar surface area (TPSA) is 9.23 Å². The fourth-order valence-electron chi connectivity index (χ4n) is 3.92. The van der Waals surface area contributed by atoms with Gasteiger partial charge in [-0.2, -0.15) is 4.39 Å². The van der Waals surface area contributed by atoms with Gasteiger partial charge in [0.25, 0.3) is 0 Å². The maximum atomic E-state index is 14.5. The Bertz CT molecular complexity index is 507. The molecule has 1 aliphatic rings. The molecule has 0 heterocycles. The van der Waals surface area contributed by atoms with Gasteiger partial charge in [-0.05, 0) is 55.6 Å². The van der Waals surface area contributed by atoms with E-state index in [0.29, 0.717) is 12.2 Å². The Morgan fingerprint density at radius 3 is 2.24 bits per heavy atom. The highest BCUT2D eigenvalue weighted by atomic mass is 19.2. The number of halogens is 2. The van der Waals surface area contributed by atoms with Gasteiger partial charge in [0.05, 0.1) is 6.61 Å². The Hall–Kier alpha value is -1.12. The molecule has 25 heavy (non-hydrogen) atoms. The summed E-state index contributed by atoms with van der Waals surface area (Å²) in [6.07, 6.45) is 12.3. The Balaban J connectivity index is 1.83. The Labute approximate surface area is 152 Å². The van der Waals surface area contributed by atoms with Crippen LogP contribution in [0.1, 0.15) is 96.0 Å². The van der Waals surface area contributed by atoms with Crippen LogP contribution in [0.25, 0.3) is 0 Å². The summed E-state index contributed by atoms with van der Waals surface area (Å²) in [5, 5.41) is 0. The van der Waals surface area contributed by atoms with Crippen LogP contribution in [0.3, 0.4) is 0 Å². The molecule has 0 saturated heterocycles. The summed E-state index contributed by atoms with van der Waals surface area (Å²) in [5.74, 6) is -0.521. The van der Waals surface area contributed by atoms with Gasteiger partial charge >= 0.3 is 0 Å². The van der Waals surface area contributed by atoms with E-state index in [1.165, 1.54) is 32.1 Å². The molecule has 0 aromatic heterocycles. The predicted molar refractivity (Wildman–Crippen MR) is 100 cm³/mol. The maximum absolute atomic E-state index is 14.5. The first kappa shape index (κ1) is 20.2. The molecular weight excluding hydrogens is 318 g/mol. The minimum atomic E-state index is -0.805. The zero-order chi connectivity index (χ0) is 18.1. The number of rotatable bonds is 10. The highest BCUT2D eigenvalue weighted by Crippen LogP contribution is 2.39. The summed E-state index contributed by atoms with van der Waals surface area (Å²) in [6, 6.07) is 3.36. The quantitative estimate of drug-likeness (QED) is 0.399. The Morgan fingerprint density at radius 1 is 0.880 bits per heavy atom. The smallest absolute Gasteiger partial charge is 0.200 e. The first-order valence-electron chi connectivity index (χ1n) is 10.3. The Kier molecular flexibility index (Phi) is 8.71. The summed E-state index contributed by atoms with van der Waals surface area (Å²) >= 11 is 0. The molecule has 0 unspecified atom stereocenters. The first-order valence-corrected chi connectivity index (χ1v) is 10.3. The van der Waals surface area contributed by atoms with Crippen LogP contribution in [0.2, 0.25) is 0 Å². The molecule has 1 nitrogen and oxygen atoms in total. The van der Waals surface area contributed by atoms with Crippen LogP contribution in [0.15, 0.2) is 12.1 Å². The fraction of sp³-hybridized carbons (Fsp3) is 0.727. The number of hydrogen-bond donors (Lipinski definition) is 0. The molecular formula is C22H34F2O. The number of unbranched alkanes of at least 4 members (excludes halogenated alkanes) is 5. The third-order valence-corrected chi connectivity index (χ3v) is 5.70. The summed E-state index contributed by atoms with van der Waals surface area (Å²) < 4.78 is 34.3. The van der Waals surface area contributed by atoms with Gasteiger partial charge in [-0.15, -0.1) is 0 Å². The molecule has 142 valence electrons. The third-order valence-electron chi connectivity index (χ3n) is 5.70. The van der Waals surface area contributed by atoms with E-state index >= 15 is 0 Å². The molecule has 0 radical (unpaired) electrons. The van der Waals surface area contributed by atoms with Gasteiger partial charge < -0.3 is 4.74 Å². The van der Waals surface area contributed by atoms with Crippen molar-refractivity contribution >= 4 is 0 Å². The monoisotopic (exact) mass is 352 g/mol. The number of hydrogen-bond acceptors (Lipinski definition) is 1. The van der Waals surface area contributed by atoms with Crippen molar-refractivity contribution in [2.45, 2.75) is 90.4 Å². The lowest BCUT2D eigenvalue weighted by molar-refractivity contribution is 0.281. The first-order chi connectivity index (χ1) is 12.2. The third kappa shape index (κ3) is 5.97. The summed E-state index contributed by atoms with van der Waals surface area (Å²) in [7, 11) is 0. The molecule has 0 atom stereocenters. The predicted octanol–water partition coefficient (Wildman–Crippen LogP) is 7.39. The van der Waals surface area contributed by atoms with Gasteiger partial charge in [0, 0.05) is 0 Å². The van der Waals surface area contributed by atoms with Crippen molar-refractivity contribution in [3.8, 4) is 5.75 Å². The van der Waals surface area contributed by atoms with Crippen molar-refractivity contribution < 1.29 is 13.5 Å². The van der Waals surface area contributed by atoms with Crippen molar-refractivity contribution in [1.29, 1.82) is 0 Å². The largest absolute Gasteiger partial charge is 0.490 e. The highest BCUT2D eigenvalue weighted by molar-refractivity contribution is 5.33. The van der Waals surface area contributed by atoms with Gasteiger partial charge in [0.15, 0.2) is 11.6 Å². The molecule has 1 fully saturated rings.